The van der Waals surface area contributed by atoms with Crippen LogP contribution in [0.4, 0.5) is 0 Å². The van der Waals surface area contributed by atoms with Gasteiger partial charge < -0.3 is 33.6 Å². The molecule has 0 saturated heterocycles. The molecular formula is C2H5Li2OP2S-. The molecule has 38 valence electrons. The predicted molar refractivity (Wildman–Crippen MR) is 32.0 cm³/mol. The van der Waals surface area contributed by atoms with E-state index in [9.17, 15) is 4.89 Å². The van der Waals surface area contributed by atoms with Gasteiger partial charge in [0.15, 0.2) is 0 Å². The molecule has 0 spiro atoms. The smallest absolute Gasteiger partial charge is 1.00 e. The molecule has 1 unspecified atom stereocenters. The summed E-state index contributed by atoms with van der Waals surface area (Å²) in [5.41, 5.74) is 0.653. The van der Waals surface area contributed by atoms with Crippen LogP contribution in [0.3, 0.4) is 0 Å². The molecule has 0 aliphatic rings. The van der Waals surface area contributed by atoms with E-state index < -0.39 is 0 Å². The van der Waals surface area contributed by atoms with Gasteiger partial charge in [-0.2, -0.15) is 5.49 Å². The Kier molecular flexibility index (Phi) is 25.3. The van der Waals surface area contributed by atoms with Crippen molar-refractivity contribution in [1.82, 2.24) is 0 Å². The van der Waals surface area contributed by atoms with Crippen molar-refractivity contribution >= 4 is 28.7 Å². The topological polar surface area (TPSA) is 23.1 Å². The Hall–Kier alpha value is 2.36. The van der Waals surface area contributed by atoms with Crippen LogP contribution in [-0.4, -0.2) is 12.2 Å². The molecule has 0 aromatic rings. The summed E-state index contributed by atoms with van der Waals surface area (Å²) >= 11 is 4.60. The van der Waals surface area contributed by atoms with Crippen molar-refractivity contribution in [3.63, 3.8) is 0 Å². The molecule has 0 saturated carbocycles. The zero-order valence-electron chi connectivity index (χ0n) is 5.42. The molecule has 0 heterocycles. The van der Waals surface area contributed by atoms with E-state index in [0.717, 1.165) is 0 Å². The minimum atomic E-state index is -0.345. The maximum Gasteiger partial charge on any atom is 1.00 e. The third kappa shape index (κ3) is 11.2. The maximum absolute atomic E-state index is 9.80. The van der Waals surface area contributed by atoms with E-state index in [0.29, 0.717) is 5.49 Å². The van der Waals surface area contributed by atoms with Gasteiger partial charge in [0.05, 0.1) is 0 Å². The van der Waals surface area contributed by atoms with Gasteiger partial charge in [0.25, 0.3) is 0 Å². The van der Waals surface area contributed by atoms with E-state index in [-0.39, 0.29) is 53.8 Å². The monoisotopic (exact) mass is 153 g/mol. The Morgan fingerprint density at radius 1 is 1.62 bits per heavy atom. The van der Waals surface area contributed by atoms with Crippen molar-refractivity contribution < 1.29 is 42.6 Å². The van der Waals surface area contributed by atoms with E-state index in [4.69, 9.17) is 0 Å². The van der Waals surface area contributed by atoms with Crippen molar-refractivity contribution in [1.29, 1.82) is 0 Å². The summed E-state index contributed by atoms with van der Waals surface area (Å²) in [6, 6.07) is 0. The molecule has 0 aromatic heterocycles. The molecule has 0 N–H and O–H groups in total. The van der Waals surface area contributed by atoms with E-state index >= 15 is 0 Å². The molecule has 0 bridgehead atoms. The van der Waals surface area contributed by atoms with Crippen molar-refractivity contribution in [2.75, 3.05) is 12.2 Å². The second-order valence-corrected chi connectivity index (χ2v) is 5.92. The van der Waals surface area contributed by atoms with Gasteiger partial charge >= 0.3 is 37.7 Å². The summed E-state index contributed by atoms with van der Waals surface area (Å²) < 4.78 is 0. The van der Waals surface area contributed by atoms with Gasteiger partial charge in [-0.15, -0.1) is 0 Å². The first-order chi connectivity index (χ1) is 2.81. The molecule has 0 rings (SSSR count). The molecule has 0 amide bonds. The first kappa shape index (κ1) is 16.8. The Bertz CT molecular complexity index is 37.2. The number of hydrogen-bond donors (Lipinski definition) is 0. The zero-order valence-corrected chi connectivity index (χ0v) is 8.02. The van der Waals surface area contributed by atoms with Crippen LogP contribution in [0.1, 0.15) is 0 Å². The molecular weight excluding hydrogens is 148 g/mol. The summed E-state index contributed by atoms with van der Waals surface area (Å²) in [5.74, 6) is 0. The summed E-state index contributed by atoms with van der Waals surface area (Å²) in [6.45, 7) is 1.91. The molecule has 8 heavy (non-hydrogen) atoms. The maximum atomic E-state index is 9.80. The van der Waals surface area contributed by atoms with Crippen molar-refractivity contribution in [3.05, 3.63) is 0 Å². The van der Waals surface area contributed by atoms with Crippen LogP contribution >= 0.6 is 16.1 Å². The van der Waals surface area contributed by atoms with Crippen LogP contribution in [0.15, 0.2) is 0 Å². The third-order valence-electron chi connectivity index (χ3n) is 0.326. The molecule has 0 aromatic carbocycles. The fraction of sp³-hybridized carbons (Fsp3) is 1.00. The van der Waals surface area contributed by atoms with E-state index in [2.05, 4.69) is 12.6 Å². The van der Waals surface area contributed by atoms with Crippen LogP contribution in [0.2, 0.25) is 0 Å². The average molecular weight is 153 g/mol. The summed E-state index contributed by atoms with van der Waals surface area (Å²) in [4.78, 5) is 9.80. The van der Waals surface area contributed by atoms with Gasteiger partial charge in [0, 0.05) is 0 Å². The Labute approximate surface area is 83.0 Å². The second-order valence-electron chi connectivity index (χ2n) is 0.868. The Morgan fingerprint density at radius 2 is 2.00 bits per heavy atom. The minimum Gasteiger partial charge on any atom is -1.01 e. The molecule has 0 aliphatic heterocycles. The molecule has 6 heteroatoms. The standard InChI is InChI=1S/C2H6OP2S.2Li/c1-5(2-6)4-3;;/h6H,2H2,1H3;;/q-2;2*+1/p-1. The molecule has 0 radical (unpaired) electrons. The zero-order chi connectivity index (χ0) is 4.99. The van der Waals surface area contributed by atoms with Crippen LogP contribution < -0.4 is 42.6 Å². The number of rotatable bonds is 2. The second kappa shape index (κ2) is 12.1. The molecule has 1 atom stereocenters. The Balaban J connectivity index is -0.000000125. The third-order valence-corrected chi connectivity index (χ3v) is 3.98. The van der Waals surface area contributed by atoms with Crippen LogP contribution in [0.5, 0.6) is 0 Å². The molecule has 0 fully saturated rings. The first-order valence-electron chi connectivity index (χ1n) is 1.43. The van der Waals surface area contributed by atoms with E-state index in [1.165, 1.54) is 0 Å². The van der Waals surface area contributed by atoms with Crippen LogP contribution in [-0.2, 0) is 12.6 Å². The summed E-state index contributed by atoms with van der Waals surface area (Å²) in [6.07, 6.45) is 0. The largest absolute Gasteiger partial charge is 1.01 e. The van der Waals surface area contributed by atoms with Gasteiger partial charge in [-0.3, -0.25) is 0 Å². The minimum absolute atomic E-state index is 0. The summed E-state index contributed by atoms with van der Waals surface area (Å²) in [7, 11) is -0.106. The Morgan fingerprint density at radius 3 is 2.00 bits per heavy atom. The fourth-order valence-electron chi connectivity index (χ4n) is 0.0236. The van der Waals surface area contributed by atoms with Gasteiger partial charge in [0.1, 0.15) is 0 Å². The quantitative estimate of drug-likeness (QED) is 0.225. The van der Waals surface area contributed by atoms with Crippen molar-refractivity contribution in [2.24, 2.45) is 0 Å². The number of hydrogen-bond acceptors (Lipinski definition) is 2. The van der Waals surface area contributed by atoms with Gasteiger partial charge in [0.2, 0.25) is 0 Å². The van der Waals surface area contributed by atoms with Crippen LogP contribution in [0, 0.1) is 0 Å². The van der Waals surface area contributed by atoms with E-state index in [1.807, 2.05) is 6.66 Å². The SMILES string of the molecule is CP(C[S-])[P-][O-].[Li+].[Li+]. The first-order valence-corrected chi connectivity index (χ1v) is 5.50. The van der Waals surface area contributed by atoms with Crippen molar-refractivity contribution in [3.8, 4) is 0 Å². The average Bonchev–Trinajstić information content (AvgIpc) is 1.65. The summed E-state index contributed by atoms with van der Waals surface area (Å²) in [5, 5.41) is 0. The molecule has 0 aliphatic carbocycles. The van der Waals surface area contributed by atoms with Crippen molar-refractivity contribution in [2.45, 2.75) is 0 Å². The normalized spacial score (nSPS) is 12.4. The van der Waals surface area contributed by atoms with Crippen LogP contribution in [0.25, 0.3) is 0 Å². The predicted octanol–water partition coefficient (Wildman–Crippen LogP) is -5.25. The van der Waals surface area contributed by atoms with Gasteiger partial charge in [-0.25, -0.2) is 0 Å². The van der Waals surface area contributed by atoms with Gasteiger partial charge in [-0.05, 0) is 0 Å². The van der Waals surface area contributed by atoms with Gasteiger partial charge in [-0.1, -0.05) is 6.66 Å². The van der Waals surface area contributed by atoms with E-state index in [1.54, 1.807) is 0 Å². The molecule has 1 nitrogen and oxygen atoms in total. The fourth-order valence-corrected chi connectivity index (χ4v) is 0.636.